The van der Waals surface area contributed by atoms with Crippen LogP contribution in [0.4, 0.5) is 10.1 Å². The second kappa shape index (κ2) is 7.13. The molecule has 0 unspecified atom stereocenters. The number of benzene rings is 2. The van der Waals surface area contributed by atoms with Crippen molar-refractivity contribution in [3.05, 3.63) is 59.4 Å². The molecule has 0 atom stereocenters. The van der Waals surface area contributed by atoms with Gasteiger partial charge in [-0.2, -0.15) is 0 Å². The van der Waals surface area contributed by atoms with Crippen molar-refractivity contribution in [1.29, 1.82) is 0 Å². The van der Waals surface area contributed by atoms with E-state index < -0.39 is 0 Å². The fourth-order valence-corrected chi connectivity index (χ4v) is 2.84. The average Bonchev–Trinajstić information content (AvgIpc) is 2.47. The average molecular weight is 305 g/mol. The summed E-state index contributed by atoms with van der Waals surface area (Å²) in [5, 5.41) is 0. The van der Waals surface area contributed by atoms with E-state index in [2.05, 4.69) is 4.74 Å². The highest BCUT2D eigenvalue weighted by molar-refractivity contribution is 7.98. The number of hydrogen-bond donors (Lipinski definition) is 1. The molecule has 2 aromatic carbocycles. The summed E-state index contributed by atoms with van der Waals surface area (Å²) in [4.78, 5) is 11.9. The lowest BCUT2D eigenvalue weighted by Crippen LogP contribution is -2.06. The first-order valence-corrected chi connectivity index (χ1v) is 7.40. The lowest BCUT2D eigenvalue weighted by molar-refractivity contribution is -0.139. The topological polar surface area (TPSA) is 52.3 Å². The Labute approximate surface area is 127 Å². The first kappa shape index (κ1) is 15.4. The quantitative estimate of drug-likeness (QED) is 0.522. The maximum atomic E-state index is 13.7. The summed E-state index contributed by atoms with van der Waals surface area (Å²) in [6, 6.07) is 12.2. The molecule has 0 bridgehead atoms. The van der Waals surface area contributed by atoms with Gasteiger partial charge >= 0.3 is 5.97 Å². The molecular formula is C16H16FNO2S. The number of halogens is 1. The van der Waals surface area contributed by atoms with E-state index in [-0.39, 0.29) is 18.2 Å². The minimum absolute atomic E-state index is 0.220. The van der Waals surface area contributed by atoms with Gasteiger partial charge < -0.3 is 10.5 Å². The number of thioether (sulfide) groups is 1. The first-order chi connectivity index (χ1) is 10.1. The van der Waals surface area contributed by atoms with Crippen LogP contribution in [-0.2, 0) is 21.7 Å². The van der Waals surface area contributed by atoms with Crippen LogP contribution < -0.4 is 5.73 Å². The van der Waals surface area contributed by atoms with Crippen LogP contribution in [0.1, 0.15) is 11.1 Å². The lowest BCUT2D eigenvalue weighted by atomic mass is 10.1. The molecule has 2 N–H and O–H groups in total. The molecule has 0 aliphatic carbocycles. The normalized spacial score (nSPS) is 10.4. The summed E-state index contributed by atoms with van der Waals surface area (Å²) in [6.07, 6.45) is 0.220. The van der Waals surface area contributed by atoms with E-state index in [4.69, 9.17) is 5.73 Å². The SMILES string of the molecule is COC(=O)Cc1ccccc1CSc1ccc(N)cc1F. The summed E-state index contributed by atoms with van der Waals surface area (Å²) in [5.41, 5.74) is 7.82. The Morgan fingerprint density at radius 2 is 1.95 bits per heavy atom. The third kappa shape index (κ3) is 4.23. The number of carbonyl (C=O) groups excluding carboxylic acids is 1. The van der Waals surface area contributed by atoms with Crippen molar-refractivity contribution in [1.82, 2.24) is 0 Å². The van der Waals surface area contributed by atoms with E-state index in [1.807, 2.05) is 24.3 Å². The Morgan fingerprint density at radius 1 is 1.24 bits per heavy atom. The zero-order valence-electron chi connectivity index (χ0n) is 11.6. The lowest BCUT2D eigenvalue weighted by Gasteiger charge is -2.09. The van der Waals surface area contributed by atoms with Crippen molar-refractivity contribution in [2.75, 3.05) is 12.8 Å². The number of methoxy groups -OCH3 is 1. The molecular weight excluding hydrogens is 289 g/mol. The van der Waals surface area contributed by atoms with E-state index >= 15 is 0 Å². The predicted octanol–water partition coefficient (Wildman–Crippen LogP) is 3.42. The number of anilines is 1. The second-order valence-electron chi connectivity index (χ2n) is 4.50. The predicted molar refractivity (Wildman–Crippen MR) is 82.5 cm³/mol. The zero-order chi connectivity index (χ0) is 15.2. The molecule has 0 radical (unpaired) electrons. The molecule has 0 amide bonds. The van der Waals surface area contributed by atoms with E-state index in [9.17, 15) is 9.18 Å². The van der Waals surface area contributed by atoms with Gasteiger partial charge in [-0.3, -0.25) is 4.79 Å². The zero-order valence-corrected chi connectivity index (χ0v) is 12.5. The van der Waals surface area contributed by atoms with E-state index in [1.54, 1.807) is 12.1 Å². The van der Waals surface area contributed by atoms with Crippen LogP contribution in [0.15, 0.2) is 47.4 Å². The van der Waals surface area contributed by atoms with Crippen LogP contribution >= 0.6 is 11.8 Å². The van der Waals surface area contributed by atoms with Gasteiger partial charge in [0.05, 0.1) is 13.5 Å². The number of nitrogens with two attached hydrogens (primary N) is 1. The monoisotopic (exact) mass is 305 g/mol. The van der Waals surface area contributed by atoms with Crippen LogP contribution in [-0.4, -0.2) is 13.1 Å². The first-order valence-electron chi connectivity index (χ1n) is 6.41. The van der Waals surface area contributed by atoms with Crippen LogP contribution in [0.2, 0.25) is 0 Å². The number of carbonyl (C=O) groups is 1. The highest BCUT2D eigenvalue weighted by Crippen LogP contribution is 2.28. The van der Waals surface area contributed by atoms with Crippen molar-refractivity contribution in [2.45, 2.75) is 17.1 Å². The molecule has 2 rings (SSSR count). The van der Waals surface area contributed by atoms with Crippen molar-refractivity contribution in [2.24, 2.45) is 0 Å². The van der Waals surface area contributed by atoms with Gasteiger partial charge in [-0.05, 0) is 29.3 Å². The molecule has 3 nitrogen and oxygen atoms in total. The molecule has 110 valence electrons. The summed E-state index contributed by atoms with van der Waals surface area (Å²) < 4.78 is 18.4. The number of nitrogen functional groups attached to an aromatic ring is 1. The summed E-state index contributed by atoms with van der Waals surface area (Å²) in [5.74, 6) is -0.0369. The van der Waals surface area contributed by atoms with E-state index in [0.717, 1.165) is 11.1 Å². The molecule has 21 heavy (non-hydrogen) atoms. The highest BCUT2D eigenvalue weighted by Gasteiger charge is 2.09. The Bertz CT molecular complexity index is 646. The van der Waals surface area contributed by atoms with E-state index in [1.165, 1.54) is 24.9 Å². The van der Waals surface area contributed by atoms with Gasteiger partial charge in [0.15, 0.2) is 0 Å². The molecule has 0 spiro atoms. The molecule has 0 saturated carbocycles. The molecule has 2 aromatic rings. The van der Waals surface area contributed by atoms with Gasteiger partial charge in [-0.15, -0.1) is 11.8 Å². The minimum atomic E-state index is -0.328. The van der Waals surface area contributed by atoms with E-state index in [0.29, 0.717) is 16.3 Å². The Morgan fingerprint density at radius 3 is 2.62 bits per heavy atom. The smallest absolute Gasteiger partial charge is 0.309 e. The molecule has 0 fully saturated rings. The molecule has 0 aliphatic rings. The number of esters is 1. The molecule has 0 saturated heterocycles. The van der Waals surface area contributed by atoms with Crippen molar-refractivity contribution in [3.8, 4) is 0 Å². The molecule has 0 aliphatic heterocycles. The third-order valence-corrected chi connectivity index (χ3v) is 4.12. The van der Waals surface area contributed by atoms with Gasteiger partial charge in [0.2, 0.25) is 0 Å². The Hall–Kier alpha value is -2.01. The Kier molecular flexibility index (Phi) is 5.22. The highest BCUT2D eigenvalue weighted by atomic mass is 32.2. The molecule has 0 heterocycles. The van der Waals surface area contributed by atoms with Gasteiger partial charge in [0.1, 0.15) is 5.82 Å². The van der Waals surface area contributed by atoms with Gasteiger partial charge in [0, 0.05) is 16.3 Å². The van der Waals surface area contributed by atoms with Crippen LogP contribution in [0.3, 0.4) is 0 Å². The van der Waals surface area contributed by atoms with Crippen molar-refractivity contribution in [3.63, 3.8) is 0 Å². The van der Waals surface area contributed by atoms with Crippen molar-refractivity contribution >= 4 is 23.4 Å². The Balaban J connectivity index is 2.11. The number of rotatable bonds is 5. The number of ether oxygens (including phenoxy) is 1. The molecule has 5 heteroatoms. The standard InChI is InChI=1S/C16H16FNO2S/c1-20-16(19)8-11-4-2-3-5-12(11)10-21-15-7-6-13(18)9-14(15)17/h2-7,9H,8,10,18H2,1H3. The maximum Gasteiger partial charge on any atom is 0.309 e. The van der Waals surface area contributed by atoms with Crippen molar-refractivity contribution < 1.29 is 13.9 Å². The number of hydrogen-bond acceptors (Lipinski definition) is 4. The third-order valence-electron chi connectivity index (χ3n) is 3.02. The van der Waals surface area contributed by atoms with Crippen LogP contribution in [0.5, 0.6) is 0 Å². The van der Waals surface area contributed by atoms with Gasteiger partial charge in [-0.25, -0.2) is 4.39 Å². The van der Waals surface area contributed by atoms with Crippen LogP contribution in [0.25, 0.3) is 0 Å². The summed E-state index contributed by atoms with van der Waals surface area (Å²) in [6.45, 7) is 0. The van der Waals surface area contributed by atoms with Gasteiger partial charge in [-0.1, -0.05) is 24.3 Å². The fraction of sp³-hybridized carbons (Fsp3) is 0.188. The maximum absolute atomic E-state index is 13.7. The summed E-state index contributed by atoms with van der Waals surface area (Å²) in [7, 11) is 1.36. The summed E-state index contributed by atoms with van der Waals surface area (Å²) >= 11 is 1.38. The molecule has 0 aromatic heterocycles. The van der Waals surface area contributed by atoms with Crippen LogP contribution in [0, 0.1) is 5.82 Å². The second-order valence-corrected chi connectivity index (χ2v) is 5.52. The largest absolute Gasteiger partial charge is 0.469 e. The minimum Gasteiger partial charge on any atom is -0.469 e. The van der Waals surface area contributed by atoms with Gasteiger partial charge in [0.25, 0.3) is 0 Å². The fourth-order valence-electron chi connectivity index (χ4n) is 1.89.